The molecule has 10 nitrogen and oxygen atoms in total. The van der Waals surface area contributed by atoms with Crippen molar-refractivity contribution in [3.63, 3.8) is 0 Å². The van der Waals surface area contributed by atoms with Crippen LogP contribution in [0.1, 0.15) is 106 Å². The number of benzene rings is 3. The van der Waals surface area contributed by atoms with Crippen molar-refractivity contribution in [2.75, 3.05) is 55.6 Å². The summed E-state index contributed by atoms with van der Waals surface area (Å²) in [4.78, 5) is 63.7. The third-order valence-electron chi connectivity index (χ3n) is 14.7. The van der Waals surface area contributed by atoms with Crippen molar-refractivity contribution >= 4 is 55.9 Å². The Morgan fingerprint density at radius 1 is 0.817 bits per heavy atom. The van der Waals surface area contributed by atoms with Crippen LogP contribution in [0.25, 0.3) is 16.6 Å². The number of halogens is 3. The first kappa shape index (κ1) is 39.6. The van der Waals surface area contributed by atoms with Gasteiger partial charge in [0.15, 0.2) is 11.6 Å². The Hall–Kier alpha value is -4.49. The van der Waals surface area contributed by atoms with Crippen LogP contribution >= 0.6 is 15.9 Å². The predicted molar refractivity (Wildman–Crippen MR) is 230 cm³/mol. The summed E-state index contributed by atoms with van der Waals surface area (Å²) in [5.74, 6) is -1.32. The first-order valence-corrected chi connectivity index (χ1v) is 22.9. The predicted octanol–water partition coefficient (Wildman–Crippen LogP) is 7.98. The number of nitrogens with zero attached hydrogens (tertiary/aromatic N) is 6. The summed E-state index contributed by atoms with van der Waals surface area (Å²) in [6.07, 6.45) is 10.8. The smallest absolute Gasteiger partial charge is 0.281 e. The van der Waals surface area contributed by atoms with Gasteiger partial charge in [-0.15, -0.1) is 0 Å². The summed E-state index contributed by atoms with van der Waals surface area (Å²) in [6, 6.07) is 15.5. The maximum absolute atomic E-state index is 15.3. The number of anilines is 2. The third kappa shape index (κ3) is 6.78. The lowest BCUT2D eigenvalue weighted by molar-refractivity contribution is -0.136. The highest BCUT2D eigenvalue weighted by Gasteiger charge is 2.47. The van der Waals surface area contributed by atoms with Crippen molar-refractivity contribution < 1.29 is 23.2 Å². The molecule has 1 atom stereocenters. The summed E-state index contributed by atoms with van der Waals surface area (Å²) in [7, 11) is 0. The summed E-state index contributed by atoms with van der Waals surface area (Å²) in [6.45, 7) is 5.41. The molecule has 0 bridgehead atoms. The molecule has 6 aliphatic rings. The molecule has 5 fully saturated rings. The van der Waals surface area contributed by atoms with E-state index in [4.69, 9.17) is 4.98 Å². The van der Waals surface area contributed by atoms with E-state index in [-0.39, 0.29) is 35.6 Å². The Kier molecular flexibility index (Phi) is 10.4. The minimum Gasteiger partial charge on any atom is -0.371 e. The molecule has 0 radical (unpaired) electrons. The molecule has 1 aliphatic carbocycles. The Balaban J connectivity index is 0.746. The number of imide groups is 1. The van der Waals surface area contributed by atoms with Crippen molar-refractivity contribution in [1.82, 2.24) is 19.4 Å². The molecule has 1 spiro atoms. The quantitative estimate of drug-likeness (QED) is 0.181. The van der Waals surface area contributed by atoms with Crippen molar-refractivity contribution in [1.29, 1.82) is 0 Å². The molecule has 1 saturated carbocycles. The molecule has 3 aromatic carbocycles. The SMILES string of the molecule is O=C([C@@H]1CCN(c2cc(F)c(N3C(=O)CCCC3=O)c(F)c2)C1)N1CCC(CN2CCC(c3ccc4c(c3)-n3c(nc(=O)c5c(Br)cccc53)C43CCCCC3)CC2)CC1. The van der Waals surface area contributed by atoms with Gasteiger partial charge in [-0.1, -0.05) is 37.5 Å². The maximum Gasteiger partial charge on any atom is 0.281 e. The molecule has 4 aromatic rings. The molecular formula is C47H51BrF2N6O4. The minimum atomic E-state index is -0.948. The number of carbonyl (C=O) groups is 3. The first-order chi connectivity index (χ1) is 29.1. The van der Waals surface area contributed by atoms with Gasteiger partial charge >= 0.3 is 0 Å². The fraction of sp³-hybridized carbons (Fsp3) is 0.511. The second-order valence-electron chi connectivity index (χ2n) is 18.1. The van der Waals surface area contributed by atoms with Gasteiger partial charge in [0, 0.05) is 55.7 Å². The Labute approximate surface area is 357 Å². The number of likely N-dealkylation sites (tertiary alicyclic amines) is 2. The fourth-order valence-electron chi connectivity index (χ4n) is 11.5. The normalized spacial score (nSPS) is 22.6. The summed E-state index contributed by atoms with van der Waals surface area (Å²) in [5.41, 5.74) is 4.15. The second kappa shape index (κ2) is 15.8. The van der Waals surface area contributed by atoms with Gasteiger partial charge in [-0.2, -0.15) is 4.98 Å². The number of hydrogen-bond acceptors (Lipinski definition) is 7. The summed E-state index contributed by atoms with van der Waals surface area (Å²) in [5, 5.41) is 0.640. The number of aromatic nitrogens is 2. The van der Waals surface area contributed by atoms with Gasteiger partial charge in [0.2, 0.25) is 17.7 Å². The molecule has 0 unspecified atom stereocenters. The molecule has 1 aromatic heterocycles. The van der Waals surface area contributed by atoms with Crippen molar-refractivity contribution in [2.24, 2.45) is 11.8 Å². The van der Waals surface area contributed by atoms with Crippen LogP contribution in [0, 0.1) is 23.5 Å². The van der Waals surface area contributed by atoms with Crippen LogP contribution in [0.3, 0.4) is 0 Å². The average Bonchev–Trinajstić information content (AvgIpc) is 3.84. The number of amides is 3. The molecule has 314 valence electrons. The number of hydrogen-bond donors (Lipinski definition) is 0. The fourth-order valence-corrected chi connectivity index (χ4v) is 12.0. The van der Waals surface area contributed by atoms with Gasteiger partial charge in [0.1, 0.15) is 11.5 Å². The van der Waals surface area contributed by atoms with Crippen LogP contribution in [0.15, 0.2) is 57.8 Å². The van der Waals surface area contributed by atoms with E-state index < -0.39 is 29.1 Å². The molecule has 6 heterocycles. The van der Waals surface area contributed by atoms with Crippen LogP contribution in [0.5, 0.6) is 0 Å². The largest absolute Gasteiger partial charge is 0.371 e. The molecule has 13 heteroatoms. The number of rotatable bonds is 6. The van der Waals surface area contributed by atoms with Gasteiger partial charge in [-0.05, 0) is 134 Å². The number of carbonyl (C=O) groups excluding carboxylic acids is 3. The van der Waals surface area contributed by atoms with Gasteiger partial charge in [0.25, 0.3) is 5.56 Å². The van der Waals surface area contributed by atoms with Gasteiger partial charge < -0.3 is 14.7 Å². The molecule has 5 aliphatic heterocycles. The average molecular weight is 882 g/mol. The minimum absolute atomic E-state index is 0.0769. The van der Waals surface area contributed by atoms with Crippen molar-refractivity contribution in [2.45, 2.75) is 94.8 Å². The lowest BCUT2D eigenvalue weighted by Crippen LogP contribution is -2.45. The second-order valence-corrected chi connectivity index (χ2v) is 19.0. The lowest BCUT2D eigenvalue weighted by Gasteiger charge is -2.38. The van der Waals surface area contributed by atoms with E-state index in [9.17, 15) is 19.2 Å². The zero-order valence-corrected chi connectivity index (χ0v) is 35.5. The van der Waals surface area contributed by atoms with Crippen molar-refractivity contribution in [3.8, 4) is 5.69 Å². The molecular weight excluding hydrogens is 830 g/mol. The van der Waals surface area contributed by atoms with E-state index in [2.05, 4.69) is 49.7 Å². The Morgan fingerprint density at radius 2 is 1.53 bits per heavy atom. The van der Waals surface area contributed by atoms with Crippen LogP contribution < -0.4 is 15.4 Å². The maximum atomic E-state index is 15.3. The Morgan fingerprint density at radius 3 is 2.25 bits per heavy atom. The van der Waals surface area contributed by atoms with Crippen LogP contribution in [-0.2, 0) is 19.8 Å². The van der Waals surface area contributed by atoms with Gasteiger partial charge in [-0.3, -0.25) is 23.7 Å². The van der Waals surface area contributed by atoms with E-state index in [0.29, 0.717) is 53.7 Å². The third-order valence-corrected chi connectivity index (χ3v) is 15.3. The van der Waals surface area contributed by atoms with Crippen LogP contribution in [0.4, 0.5) is 20.2 Å². The summed E-state index contributed by atoms with van der Waals surface area (Å²) < 4.78 is 33.6. The lowest BCUT2D eigenvalue weighted by atomic mass is 9.69. The summed E-state index contributed by atoms with van der Waals surface area (Å²) >= 11 is 3.64. The standard InChI is InChI=1S/C47H51BrF2N6O4/c48-35-6-4-7-38-42(35)44(59)51-46-47(17-2-1-3-18-47)34-11-10-31(24-39(34)55(38)46)30-14-19-52(20-15-30)27-29-12-21-53(22-13-29)45(60)32-16-23-54(28-32)33-25-36(49)43(37(50)26-33)56-40(57)8-5-9-41(56)58/h4,6-7,10-11,24-26,29-30,32H,1-3,5,8-9,12-23,27-28H2/t32-/m1/s1. The van der Waals surface area contributed by atoms with Gasteiger partial charge in [0.05, 0.1) is 27.9 Å². The first-order valence-electron chi connectivity index (χ1n) is 22.1. The van der Waals surface area contributed by atoms with Gasteiger partial charge in [-0.25, -0.2) is 13.7 Å². The highest BCUT2D eigenvalue weighted by atomic mass is 79.9. The Bertz CT molecular complexity index is 2410. The molecule has 4 saturated heterocycles. The zero-order chi connectivity index (χ0) is 41.3. The van der Waals surface area contributed by atoms with E-state index in [1.807, 2.05) is 21.9 Å². The van der Waals surface area contributed by atoms with E-state index in [1.54, 1.807) is 0 Å². The van der Waals surface area contributed by atoms with E-state index in [0.717, 1.165) is 99.9 Å². The molecule has 10 rings (SSSR count). The van der Waals surface area contributed by atoms with Crippen LogP contribution in [0.2, 0.25) is 0 Å². The molecule has 3 amide bonds. The highest BCUT2D eigenvalue weighted by molar-refractivity contribution is 9.10. The number of piperidine rings is 3. The van der Waals surface area contributed by atoms with Crippen LogP contribution in [-0.4, -0.2) is 82.9 Å². The zero-order valence-electron chi connectivity index (χ0n) is 33.9. The number of fused-ring (bicyclic) bond motifs is 7. The highest BCUT2D eigenvalue weighted by Crippen LogP contribution is 2.52. The van der Waals surface area contributed by atoms with Crippen molar-refractivity contribution in [3.05, 3.63) is 91.9 Å². The topological polar surface area (TPSA) is 99.1 Å². The molecule has 60 heavy (non-hydrogen) atoms. The molecule has 0 N–H and O–H groups in total. The monoisotopic (exact) mass is 880 g/mol. The van der Waals surface area contributed by atoms with E-state index >= 15 is 8.78 Å². The van der Waals surface area contributed by atoms with E-state index in [1.165, 1.54) is 35.4 Å².